The van der Waals surface area contributed by atoms with Gasteiger partial charge in [-0.1, -0.05) is 6.92 Å². The Labute approximate surface area is 134 Å². The minimum atomic E-state index is -0.494. The third-order valence-corrected chi connectivity index (χ3v) is 3.99. The van der Waals surface area contributed by atoms with Gasteiger partial charge in [0, 0.05) is 17.8 Å². The fourth-order valence-electron chi connectivity index (χ4n) is 2.63. The molecule has 3 amide bonds. The van der Waals surface area contributed by atoms with Crippen LogP contribution in [0.4, 0.5) is 10.5 Å². The molecule has 2 heterocycles. The summed E-state index contributed by atoms with van der Waals surface area (Å²) in [6.07, 6.45) is 2.47. The zero-order chi connectivity index (χ0) is 16.2. The van der Waals surface area contributed by atoms with Crippen molar-refractivity contribution < 1.29 is 14.0 Å². The number of furan rings is 1. The molecular formula is C17H19N3O3. The Morgan fingerprint density at radius 2 is 2.04 bits per heavy atom. The van der Waals surface area contributed by atoms with Crippen LogP contribution in [0.3, 0.4) is 0 Å². The maximum absolute atomic E-state index is 12.1. The Hall–Kier alpha value is -2.76. The fraction of sp³-hybridized carbons (Fsp3) is 0.294. The number of carbonyl (C=O) groups is 2. The topological polar surface area (TPSA) is 83.4 Å². The molecule has 0 unspecified atom stereocenters. The lowest BCUT2D eigenvalue weighted by Gasteiger charge is -2.28. The van der Waals surface area contributed by atoms with Crippen molar-refractivity contribution >= 4 is 17.6 Å². The van der Waals surface area contributed by atoms with E-state index in [0.717, 1.165) is 17.7 Å². The number of rotatable bonds is 3. The summed E-state index contributed by atoms with van der Waals surface area (Å²) >= 11 is 0. The number of carbonyl (C=O) groups excluding carboxylic acids is 2. The first-order chi connectivity index (χ1) is 11.1. The van der Waals surface area contributed by atoms with Gasteiger partial charge in [-0.2, -0.15) is 0 Å². The van der Waals surface area contributed by atoms with Crippen LogP contribution in [0.25, 0.3) is 11.3 Å². The third kappa shape index (κ3) is 3.53. The molecular weight excluding hydrogens is 294 g/mol. The first kappa shape index (κ1) is 15.1. The largest absolute Gasteiger partial charge is 0.464 e. The van der Waals surface area contributed by atoms with Gasteiger partial charge in [-0.05, 0) is 48.7 Å². The van der Waals surface area contributed by atoms with Crippen molar-refractivity contribution in [1.29, 1.82) is 0 Å². The number of nitrogens with one attached hydrogen (secondary N) is 3. The van der Waals surface area contributed by atoms with Crippen molar-refractivity contribution in [3.05, 3.63) is 42.7 Å². The van der Waals surface area contributed by atoms with Crippen molar-refractivity contribution in [2.75, 3.05) is 11.9 Å². The number of benzene rings is 1. The Bertz CT molecular complexity index is 680. The standard InChI is InChI=1S/C17H19N3O3/c1-11-8-9-18-16(21)15(11)20-17(22)19-13-6-4-12(5-7-13)14-3-2-10-23-14/h2-7,10-11,15H,8-9H2,1H3,(H,18,21)(H2,19,20,22)/t11-,15-/m1/s1. The van der Waals surface area contributed by atoms with Crippen molar-refractivity contribution in [3.8, 4) is 11.3 Å². The number of hydrogen-bond donors (Lipinski definition) is 3. The SMILES string of the molecule is C[C@@H]1CCNC(=O)[C@@H]1NC(=O)Nc1ccc(-c2ccco2)cc1. The van der Waals surface area contributed by atoms with Crippen molar-refractivity contribution in [2.45, 2.75) is 19.4 Å². The maximum atomic E-state index is 12.1. The number of urea groups is 1. The van der Waals surface area contributed by atoms with Gasteiger partial charge in [-0.3, -0.25) is 4.79 Å². The van der Waals surface area contributed by atoms with E-state index < -0.39 is 6.04 Å². The average molecular weight is 313 g/mol. The van der Waals surface area contributed by atoms with Gasteiger partial charge in [0.1, 0.15) is 11.8 Å². The smallest absolute Gasteiger partial charge is 0.319 e. The summed E-state index contributed by atoms with van der Waals surface area (Å²) in [5.74, 6) is 0.761. The van der Waals surface area contributed by atoms with Crippen LogP contribution in [-0.2, 0) is 4.79 Å². The summed E-state index contributed by atoms with van der Waals surface area (Å²) in [6.45, 7) is 2.62. The van der Waals surface area contributed by atoms with Crippen LogP contribution in [0.1, 0.15) is 13.3 Å². The van der Waals surface area contributed by atoms with E-state index in [4.69, 9.17) is 4.42 Å². The van der Waals surface area contributed by atoms with Crippen LogP contribution < -0.4 is 16.0 Å². The molecule has 1 fully saturated rings. The summed E-state index contributed by atoms with van der Waals surface area (Å²) in [5.41, 5.74) is 1.59. The normalized spacial score (nSPS) is 20.7. The van der Waals surface area contributed by atoms with Gasteiger partial charge in [-0.15, -0.1) is 0 Å². The zero-order valence-electron chi connectivity index (χ0n) is 12.8. The second-order valence-electron chi connectivity index (χ2n) is 5.69. The van der Waals surface area contributed by atoms with E-state index in [-0.39, 0.29) is 17.9 Å². The third-order valence-electron chi connectivity index (χ3n) is 3.99. The molecule has 1 aromatic heterocycles. The van der Waals surface area contributed by atoms with Crippen LogP contribution in [0.15, 0.2) is 47.1 Å². The molecule has 0 bridgehead atoms. The first-order valence-corrected chi connectivity index (χ1v) is 7.62. The Kier molecular flexibility index (Phi) is 4.32. The quantitative estimate of drug-likeness (QED) is 0.814. The molecule has 6 nitrogen and oxygen atoms in total. The second-order valence-corrected chi connectivity index (χ2v) is 5.69. The van der Waals surface area contributed by atoms with E-state index in [1.54, 1.807) is 18.4 Å². The molecule has 2 aromatic rings. The van der Waals surface area contributed by atoms with Crippen LogP contribution in [0.2, 0.25) is 0 Å². The highest BCUT2D eigenvalue weighted by Crippen LogP contribution is 2.21. The minimum Gasteiger partial charge on any atom is -0.464 e. The lowest BCUT2D eigenvalue weighted by Crippen LogP contribution is -2.55. The number of anilines is 1. The van der Waals surface area contributed by atoms with Crippen molar-refractivity contribution in [1.82, 2.24) is 10.6 Å². The van der Waals surface area contributed by atoms with Gasteiger partial charge in [0.15, 0.2) is 0 Å². The molecule has 1 aliphatic rings. The first-order valence-electron chi connectivity index (χ1n) is 7.62. The molecule has 120 valence electrons. The number of amides is 3. The van der Waals surface area contributed by atoms with E-state index >= 15 is 0 Å². The Balaban J connectivity index is 1.60. The summed E-state index contributed by atoms with van der Waals surface area (Å²) in [4.78, 5) is 23.9. The number of piperidine rings is 1. The average Bonchev–Trinajstić information content (AvgIpc) is 3.06. The molecule has 1 aromatic carbocycles. The predicted molar refractivity (Wildman–Crippen MR) is 86.9 cm³/mol. The highest BCUT2D eigenvalue weighted by Gasteiger charge is 2.29. The van der Waals surface area contributed by atoms with E-state index in [1.165, 1.54) is 0 Å². The van der Waals surface area contributed by atoms with E-state index in [2.05, 4.69) is 16.0 Å². The maximum Gasteiger partial charge on any atom is 0.319 e. The van der Waals surface area contributed by atoms with Gasteiger partial charge in [0.2, 0.25) is 5.91 Å². The lowest BCUT2D eigenvalue weighted by atomic mass is 9.94. The summed E-state index contributed by atoms with van der Waals surface area (Å²) < 4.78 is 5.32. The lowest BCUT2D eigenvalue weighted by molar-refractivity contribution is -0.125. The fourth-order valence-corrected chi connectivity index (χ4v) is 2.63. The molecule has 0 spiro atoms. The van der Waals surface area contributed by atoms with Gasteiger partial charge in [0.05, 0.1) is 6.26 Å². The molecule has 1 aliphatic heterocycles. The van der Waals surface area contributed by atoms with Gasteiger partial charge < -0.3 is 20.4 Å². The van der Waals surface area contributed by atoms with Crippen LogP contribution >= 0.6 is 0 Å². The molecule has 0 saturated carbocycles. The van der Waals surface area contributed by atoms with E-state index in [1.807, 2.05) is 31.2 Å². The van der Waals surface area contributed by atoms with Gasteiger partial charge in [0.25, 0.3) is 0 Å². The molecule has 3 rings (SSSR count). The van der Waals surface area contributed by atoms with Gasteiger partial charge in [-0.25, -0.2) is 4.79 Å². The number of hydrogen-bond acceptors (Lipinski definition) is 3. The van der Waals surface area contributed by atoms with E-state index in [9.17, 15) is 9.59 Å². The molecule has 0 aliphatic carbocycles. The highest BCUT2D eigenvalue weighted by molar-refractivity contribution is 5.94. The second kappa shape index (κ2) is 6.56. The molecule has 2 atom stereocenters. The molecule has 6 heteroatoms. The molecule has 23 heavy (non-hydrogen) atoms. The monoisotopic (exact) mass is 313 g/mol. The Morgan fingerprint density at radius 3 is 2.70 bits per heavy atom. The molecule has 3 N–H and O–H groups in total. The summed E-state index contributed by atoms with van der Waals surface area (Å²) in [6, 6.07) is 10.1. The van der Waals surface area contributed by atoms with Crippen LogP contribution in [0.5, 0.6) is 0 Å². The van der Waals surface area contributed by atoms with Crippen LogP contribution in [0, 0.1) is 5.92 Å². The predicted octanol–water partition coefficient (Wildman–Crippen LogP) is 2.59. The summed E-state index contributed by atoms with van der Waals surface area (Å²) in [5, 5.41) is 8.23. The van der Waals surface area contributed by atoms with Crippen molar-refractivity contribution in [2.24, 2.45) is 5.92 Å². The Morgan fingerprint density at radius 1 is 1.26 bits per heavy atom. The summed E-state index contributed by atoms with van der Waals surface area (Å²) in [7, 11) is 0. The highest BCUT2D eigenvalue weighted by atomic mass is 16.3. The molecule has 0 radical (unpaired) electrons. The van der Waals surface area contributed by atoms with E-state index in [0.29, 0.717) is 12.2 Å². The van der Waals surface area contributed by atoms with Crippen LogP contribution in [-0.4, -0.2) is 24.5 Å². The van der Waals surface area contributed by atoms with Crippen molar-refractivity contribution in [3.63, 3.8) is 0 Å². The zero-order valence-corrected chi connectivity index (χ0v) is 12.8. The molecule has 1 saturated heterocycles. The van der Waals surface area contributed by atoms with Gasteiger partial charge >= 0.3 is 6.03 Å². The minimum absolute atomic E-state index is 0.121.